The first-order chi connectivity index (χ1) is 37.9. The van der Waals surface area contributed by atoms with E-state index in [9.17, 15) is 48.3 Å². The topological polar surface area (TPSA) is 314 Å². The van der Waals surface area contributed by atoms with E-state index in [-0.39, 0.29) is 91.6 Å². The number of aliphatic hydroxyl groups excluding tert-OH is 3. The van der Waals surface area contributed by atoms with Crippen LogP contribution in [0, 0.1) is 23.7 Å². The number of carbonyl (C=O) groups is 2. The lowest BCUT2D eigenvalue weighted by Crippen LogP contribution is -2.55. The first kappa shape index (κ1) is 60.5. The van der Waals surface area contributed by atoms with Crippen LogP contribution in [0.2, 0.25) is 0 Å². The molecule has 4 aliphatic rings. The Labute approximate surface area is 462 Å². The third-order valence-corrected chi connectivity index (χ3v) is 14.3. The molecule has 0 radical (unpaired) electrons. The maximum absolute atomic E-state index is 13.5. The first-order valence-electron chi connectivity index (χ1n) is 26.0. The van der Waals surface area contributed by atoms with Crippen LogP contribution in [0.4, 0.5) is 5.69 Å². The van der Waals surface area contributed by atoms with Gasteiger partial charge in [0.05, 0.1) is 39.1 Å². The average molecular weight is 1130 g/mol. The molecule has 8 unspecified atom stereocenters. The summed E-state index contributed by atoms with van der Waals surface area (Å²) in [5.74, 6) is -1.28. The smallest absolute Gasteiger partial charge is 0.397 e. The summed E-state index contributed by atoms with van der Waals surface area (Å²) in [6.07, 6.45) is 4.78. The largest absolute Gasteiger partial charge is 0.508 e. The highest BCUT2D eigenvalue weighted by Crippen LogP contribution is 2.44. The Hall–Kier alpha value is -6.19. The van der Waals surface area contributed by atoms with Crippen LogP contribution in [0.15, 0.2) is 112 Å². The van der Waals surface area contributed by atoms with Gasteiger partial charge in [-0.3, -0.25) is 18.9 Å². The SMILES string of the molecule is CC1C(O)C(COS(=O)(=O)O)OC(OCCNC(=O)C2CC(/C=C/c3ccccc3)CC2/C=C/COCCOCC(=O)NCCCCCNC(=S)Nc2ccc(-c3c4ccc(=O)cc-4oc4cc(O)ccc34)c(C(O)O)c2)C1O. The minimum Gasteiger partial charge on any atom is -0.508 e. The Kier molecular flexibility index (Phi) is 22.4. The molecule has 2 aliphatic carbocycles. The lowest BCUT2D eigenvalue weighted by Gasteiger charge is -2.40. The van der Waals surface area contributed by atoms with Gasteiger partial charge in [0.15, 0.2) is 23.1 Å². The molecule has 10 N–H and O–H groups in total. The van der Waals surface area contributed by atoms with Gasteiger partial charge >= 0.3 is 10.4 Å². The lowest BCUT2D eigenvalue weighted by atomic mass is 9.90. The van der Waals surface area contributed by atoms with Crippen LogP contribution in [0.25, 0.3) is 39.5 Å². The highest BCUT2D eigenvalue weighted by Gasteiger charge is 2.43. The summed E-state index contributed by atoms with van der Waals surface area (Å²) >= 11 is 5.50. The minimum atomic E-state index is -4.79. The van der Waals surface area contributed by atoms with Crippen molar-refractivity contribution in [3.05, 3.63) is 125 Å². The van der Waals surface area contributed by atoms with Crippen LogP contribution in [0.1, 0.15) is 56.4 Å². The molecule has 2 amide bonds. The van der Waals surface area contributed by atoms with E-state index in [1.807, 2.05) is 48.6 Å². The Bertz CT molecular complexity index is 3030. The summed E-state index contributed by atoms with van der Waals surface area (Å²) in [5.41, 5.74) is 3.45. The van der Waals surface area contributed by atoms with Crippen LogP contribution < -0.4 is 26.7 Å². The molecule has 0 aromatic heterocycles. The summed E-state index contributed by atoms with van der Waals surface area (Å²) < 4.78 is 63.8. The van der Waals surface area contributed by atoms with Crippen molar-refractivity contribution in [2.24, 2.45) is 23.7 Å². The number of allylic oxidation sites excluding steroid dienone is 2. The highest BCUT2D eigenvalue weighted by atomic mass is 32.3. The normalized spacial score (nSPS) is 21.6. The quantitative estimate of drug-likeness (QED) is 0.00843. The number of thiocarbonyl (C=S) groups is 1. The van der Waals surface area contributed by atoms with Gasteiger partial charge in [-0.25, -0.2) is 4.18 Å². The van der Waals surface area contributed by atoms with Crippen molar-refractivity contribution in [1.82, 2.24) is 16.0 Å². The number of fused-ring (bicyclic) bond motifs is 2. The van der Waals surface area contributed by atoms with Crippen molar-refractivity contribution in [2.75, 3.05) is 64.6 Å². The fourth-order valence-electron chi connectivity index (χ4n) is 9.60. The van der Waals surface area contributed by atoms with E-state index in [0.717, 1.165) is 31.2 Å². The minimum absolute atomic E-state index is 0.0297. The fourth-order valence-corrected chi connectivity index (χ4v) is 10.1. The van der Waals surface area contributed by atoms with Crippen molar-refractivity contribution in [1.29, 1.82) is 0 Å². The van der Waals surface area contributed by atoms with Crippen LogP contribution in [-0.4, -0.2) is 139 Å². The third kappa shape index (κ3) is 17.9. The van der Waals surface area contributed by atoms with Crippen LogP contribution in [0.3, 0.4) is 0 Å². The number of anilines is 1. The molecule has 23 heteroatoms. The number of aromatic hydroxyl groups is 1. The average Bonchev–Trinajstić information content (AvgIpc) is 3.98. The van der Waals surface area contributed by atoms with Crippen molar-refractivity contribution < 1.29 is 75.6 Å². The molecule has 3 aromatic rings. The molecule has 2 fully saturated rings. The molecule has 2 heterocycles. The van der Waals surface area contributed by atoms with Gasteiger partial charge in [0.2, 0.25) is 11.8 Å². The number of carbonyl (C=O) groups excluding carboxylic acids is 2. The highest BCUT2D eigenvalue weighted by molar-refractivity contribution is 7.81. The van der Waals surface area contributed by atoms with E-state index in [1.54, 1.807) is 30.3 Å². The van der Waals surface area contributed by atoms with Crippen molar-refractivity contribution in [2.45, 2.75) is 69.9 Å². The first-order valence-corrected chi connectivity index (χ1v) is 27.8. The zero-order valence-electron chi connectivity index (χ0n) is 43.5. The number of hydrogen-bond acceptors (Lipinski definition) is 17. The van der Waals surface area contributed by atoms with Crippen LogP contribution >= 0.6 is 12.2 Å². The third-order valence-electron chi connectivity index (χ3n) is 13.7. The van der Waals surface area contributed by atoms with E-state index in [2.05, 4.69) is 31.5 Å². The molecule has 8 atom stereocenters. The van der Waals surface area contributed by atoms with Crippen molar-refractivity contribution in [3.8, 4) is 28.2 Å². The van der Waals surface area contributed by atoms with Crippen LogP contribution in [-0.2, 0) is 43.1 Å². The summed E-state index contributed by atoms with van der Waals surface area (Å²) in [5, 5.41) is 65.0. The molecule has 79 heavy (non-hydrogen) atoms. The van der Waals surface area contributed by atoms with Gasteiger partial charge in [-0.05, 0) is 104 Å². The monoisotopic (exact) mass is 1130 g/mol. The molecular formula is C56H68N4O17S2. The molecule has 0 bridgehead atoms. The van der Waals surface area contributed by atoms with Gasteiger partial charge < -0.3 is 70.2 Å². The number of amides is 2. The summed E-state index contributed by atoms with van der Waals surface area (Å²) in [7, 11) is -4.79. The molecule has 426 valence electrons. The number of phenolic OH excluding ortho intramolecular Hbond substituents is 1. The number of aliphatic hydroxyl groups is 4. The van der Waals surface area contributed by atoms with Crippen molar-refractivity contribution >= 4 is 62.3 Å². The number of rotatable bonds is 27. The molecule has 0 spiro atoms. The number of hydrogen-bond donors (Lipinski definition) is 10. The predicted octanol–water partition coefficient (Wildman–Crippen LogP) is 4.81. The number of benzene rings is 4. The van der Waals surface area contributed by atoms with Gasteiger partial charge in [0.1, 0.15) is 35.9 Å². The maximum atomic E-state index is 13.5. The lowest BCUT2D eigenvalue weighted by molar-refractivity contribution is -0.285. The zero-order valence-corrected chi connectivity index (χ0v) is 45.1. The maximum Gasteiger partial charge on any atom is 0.397 e. The Morgan fingerprint density at radius 1 is 0.848 bits per heavy atom. The fraction of sp³-hybridized carbons (Fsp3) is 0.429. The Morgan fingerprint density at radius 3 is 2.38 bits per heavy atom. The van der Waals surface area contributed by atoms with Crippen molar-refractivity contribution in [3.63, 3.8) is 0 Å². The number of ether oxygens (including phenoxy) is 4. The number of phenols is 1. The standard InChI is InChI=1S/C56H68N4O17S2/c1-34-51(64)48(32-75-79(69,70)71)77-55(52(34)65)74-24-22-58-53(66)44-28-36(13-12-35-9-4-2-5-10-35)27-37(44)11-8-23-72-25-26-73-33-49(63)57-20-6-3-7-21-59-56(78)60-38-14-17-41(45(29-38)54(67)68)50-42-18-15-39(61)30-46(42)76-47-31-40(62)16-19-43(47)50/h2,4-5,8-19,29-31,34,36-37,44,48,51-52,54-55,61,64-65,67-68H,3,6-7,20-28,32-33H2,1H3,(H,57,63)(H,58,66)(H2,59,60,78)(H,69,70,71)/b11-8+,13-12+. The van der Waals surface area contributed by atoms with Gasteiger partial charge in [-0.1, -0.05) is 67.6 Å². The summed E-state index contributed by atoms with van der Waals surface area (Å²) in [6.45, 7) is 2.47. The predicted molar refractivity (Wildman–Crippen MR) is 297 cm³/mol. The summed E-state index contributed by atoms with van der Waals surface area (Å²) in [4.78, 5) is 38.1. The van der Waals surface area contributed by atoms with Gasteiger partial charge in [0.25, 0.3) is 0 Å². The molecule has 1 saturated heterocycles. The second-order valence-corrected chi connectivity index (χ2v) is 20.9. The van der Waals surface area contributed by atoms with Gasteiger partial charge in [-0.2, -0.15) is 8.42 Å². The van der Waals surface area contributed by atoms with Gasteiger partial charge in [0, 0.05) is 71.4 Å². The van der Waals surface area contributed by atoms with E-state index in [0.29, 0.717) is 58.0 Å². The van der Waals surface area contributed by atoms with E-state index < -0.39 is 53.8 Å². The van der Waals surface area contributed by atoms with Crippen LogP contribution in [0.5, 0.6) is 5.75 Å². The van der Waals surface area contributed by atoms with Gasteiger partial charge in [-0.15, -0.1) is 0 Å². The molecule has 3 aromatic carbocycles. The molecule has 2 aliphatic heterocycles. The zero-order chi connectivity index (χ0) is 56.5. The molecule has 7 rings (SSSR count). The number of unbranched alkanes of at least 4 members (excludes halogenated alkanes) is 2. The Balaban J connectivity index is 0.767. The van der Waals surface area contributed by atoms with E-state index in [1.165, 1.54) is 31.2 Å². The molecular weight excluding hydrogens is 1060 g/mol. The molecule has 21 nitrogen and oxygen atoms in total. The second-order valence-electron chi connectivity index (χ2n) is 19.4. The molecule has 1 saturated carbocycles. The summed E-state index contributed by atoms with van der Waals surface area (Å²) in [6, 6.07) is 23.9. The Morgan fingerprint density at radius 2 is 1.61 bits per heavy atom. The van der Waals surface area contributed by atoms with E-state index >= 15 is 0 Å². The van der Waals surface area contributed by atoms with E-state index in [4.69, 9.17) is 40.1 Å². The number of nitrogens with one attached hydrogen (secondary N) is 4. The second kappa shape index (κ2) is 29.3.